The monoisotopic (exact) mass is 335 g/mol. The Labute approximate surface area is 143 Å². The summed E-state index contributed by atoms with van der Waals surface area (Å²) in [6.45, 7) is 0. The van der Waals surface area contributed by atoms with Gasteiger partial charge >= 0.3 is 0 Å². The molecule has 0 aliphatic carbocycles. The summed E-state index contributed by atoms with van der Waals surface area (Å²) in [4.78, 5) is 4.20. The Morgan fingerprint density at radius 2 is 1.96 bits per heavy atom. The third-order valence-electron chi connectivity index (χ3n) is 3.76. The van der Waals surface area contributed by atoms with Gasteiger partial charge in [-0.15, -0.1) is 0 Å². The van der Waals surface area contributed by atoms with E-state index >= 15 is 0 Å². The SMILES string of the molecule is COc1ccc(-c2cc(-c3cccc(O)c3)c(C#N)c(N)n2)cc1F. The van der Waals surface area contributed by atoms with Gasteiger partial charge in [0.25, 0.3) is 0 Å². The van der Waals surface area contributed by atoms with E-state index in [1.807, 2.05) is 6.07 Å². The molecule has 2 aromatic carbocycles. The topological polar surface area (TPSA) is 92.2 Å². The highest BCUT2D eigenvalue weighted by Crippen LogP contribution is 2.33. The summed E-state index contributed by atoms with van der Waals surface area (Å²) in [5.74, 6) is -0.300. The first kappa shape index (κ1) is 16.3. The first-order chi connectivity index (χ1) is 12.0. The van der Waals surface area contributed by atoms with Gasteiger partial charge in [-0.3, -0.25) is 0 Å². The zero-order valence-corrected chi connectivity index (χ0v) is 13.3. The van der Waals surface area contributed by atoms with E-state index in [1.54, 1.807) is 24.3 Å². The summed E-state index contributed by atoms with van der Waals surface area (Å²) in [6.07, 6.45) is 0. The Hall–Kier alpha value is -3.59. The number of rotatable bonds is 3. The fraction of sp³-hybridized carbons (Fsp3) is 0.0526. The number of halogens is 1. The number of hydrogen-bond donors (Lipinski definition) is 2. The largest absolute Gasteiger partial charge is 0.508 e. The molecule has 0 aliphatic heterocycles. The van der Waals surface area contributed by atoms with Crippen molar-refractivity contribution >= 4 is 5.82 Å². The molecular formula is C19H14FN3O2. The van der Waals surface area contributed by atoms with Crippen LogP contribution in [0.3, 0.4) is 0 Å². The number of nitrogen functional groups attached to an aromatic ring is 1. The number of hydrogen-bond acceptors (Lipinski definition) is 5. The number of nitrogens with zero attached hydrogens (tertiary/aromatic N) is 2. The molecule has 25 heavy (non-hydrogen) atoms. The van der Waals surface area contributed by atoms with Crippen LogP contribution in [0.1, 0.15) is 5.56 Å². The number of nitriles is 1. The lowest BCUT2D eigenvalue weighted by molar-refractivity contribution is 0.386. The molecule has 1 heterocycles. The molecule has 0 spiro atoms. The Balaban J connectivity index is 2.20. The maximum absolute atomic E-state index is 14.0. The molecule has 0 fully saturated rings. The van der Waals surface area contributed by atoms with Gasteiger partial charge in [-0.05, 0) is 42.0 Å². The van der Waals surface area contributed by atoms with Crippen molar-refractivity contribution in [3.8, 4) is 40.0 Å². The van der Waals surface area contributed by atoms with E-state index in [1.165, 1.54) is 31.4 Å². The number of anilines is 1. The molecule has 5 nitrogen and oxygen atoms in total. The minimum Gasteiger partial charge on any atom is -0.508 e. The number of benzene rings is 2. The van der Waals surface area contributed by atoms with Crippen molar-refractivity contribution in [3.05, 3.63) is 59.9 Å². The second kappa shape index (κ2) is 6.49. The normalized spacial score (nSPS) is 10.3. The van der Waals surface area contributed by atoms with E-state index in [9.17, 15) is 14.8 Å². The van der Waals surface area contributed by atoms with Gasteiger partial charge in [0.05, 0.1) is 12.8 Å². The highest BCUT2D eigenvalue weighted by Gasteiger charge is 2.15. The Kier molecular flexibility index (Phi) is 4.23. The van der Waals surface area contributed by atoms with Crippen LogP contribution in [0, 0.1) is 17.1 Å². The van der Waals surface area contributed by atoms with Gasteiger partial charge in [-0.25, -0.2) is 9.37 Å². The van der Waals surface area contributed by atoms with E-state index in [2.05, 4.69) is 4.98 Å². The summed E-state index contributed by atoms with van der Waals surface area (Å²) >= 11 is 0. The van der Waals surface area contributed by atoms with E-state index < -0.39 is 5.82 Å². The number of phenols is 1. The van der Waals surface area contributed by atoms with Crippen molar-refractivity contribution in [2.45, 2.75) is 0 Å². The lowest BCUT2D eigenvalue weighted by Crippen LogP contribution is -2.00. The first-order valence-electron chi connectivity index (χ1n) is 7.37. The van der Waals surface area contributed by atoms with Crippen molar-refractivity contribution in [3.63, 3.8) is 0 Å². The Bertz CT molecular complexity index is 996. The maximum atomic E-state index is 14.0. The molecule has 0 unspecified atom stereocenters. The van der Waals surface area contributed by atoms with Gasteiger partial charge in [0, 0.05) is 11.1 Å². The second-order valence-electron chi connectivity index (χ2n) is 5.33. The summed E-state index contributed by atoms with van der Waals surface area (Å²) in [5.41, 5.74) is 8.16. The average Bonchev–Trinajstić information content (AvgIpc) is 2.61. The van der Waals surface area contributed by atoms with Crippen LogP contribution >= 0.6 is 0 Å². The van der Waals surface area contributed by atoms with Crippen LogP contribution in [0.4, 0.5) is 10.2 Å². The average molecular weight is 335 g/mol. The van der Waals surface area contributed by atoms with Crippen LogP contribution < -0.4 is 10.5 Å². The van der Waals surface area contributed by atoms with Gasteiger partial charge in [0.15, 0.2) is 11.6 Å². The van der Waals surface area contributed by atoms with E-state index in [4.69, 9.17) is 10.5 Å². The van der Waals surface area contributed by atoms with Gasteiger partial charge < -0.3 is 15.6 Å². The van der Waals surface area contributed by atoms with Crippen molar-refractivity contribution in [2.75, 3.05) is 12.8 Å². The lowest BCUT2D eigenvalue weighted by Gasteiger charge is -2.11. The summed E-state index contributed by atoms with van der Waals surface area (Å²) in [7, 11) is 1.38. The fourth-order valence-electron chi connectivity index (χ4n) is 2.56. The van der Waals surface area contributed by atoms with E-state index in [0.29, 0.717) is 22.4 Å². The molecule has 0 saturated heterocycles. The molecule has 0 saturated carbocycles. The van der Waals surface area contributed by atoms with Crippen molar-refractivity contribution in [1.82, 2.24) is 4.98 Å². The summed E-state index contributed by atoms with van der Waals surface area (Å²) in [5, 5.41) is 19.1. The van der Waals surface area contributed by atoms with Crippen molar-refractivity contribution < 1.29 is 14.2 Å². The predicted molar refractivity (Wildman–Crippen MR) is 92.4 cm³/mol. The molecule has 3 N–H and O–H groups in total. The quantitative estimate of drug-likeness (QED) is 0.761. The Morgan fingerprint density at radius 3 is 2.60 bits per heavy atom. The third-order valence-corrected chi connectivity index (χ3v) is 3.76. The molecule has 1 aromatic heterocycles. The highest BCUT2D eigenvalue weighted by molar-refractivity contribution is 5.80. The second-order valence-corrected chi connectivity index (χ2v) is 5.33. The van der Waals surface area contributed by atoms with Gasteiger partial charge in [-0.1, -0.05) is 12.1 Å². The van der Waals surface area contributed by atoms with E-state index in [0.717, 1.165) is 0 Å². The molecule has 3 rings (SSSR count). The smallest absolute Gasteiger partial charge is 0.165 e. The fourth-order valence-corrected chi connectivity index (χ4v) is 2.56. The van der Waals surface area contributed by atoms with Crippen LogP contribution in [0.2, 0.25) is 0 Å². The van der Waals surface area contributed by atoms with Crippen molar-refractivity contribution in [1.29, 1.82) is 5.26 Å². The predicted octanol–water partition coefficient (Wildman–Crippen LogP) is 3.72. The minimum atomic E-state index is -0.524. The van der Waals surface area contributed by atoms with Crippen LogP contribution in [-0.4, -0.2) is 17.2 Å². The molecular weight excluding hydrogens is 321 g/mol. The number of phenolic OH excluding ortho intramolecular Hbond substituents is 1. The van der Waals surface area contributed by atoms with Crippen LogP contribution in [-0.2, 0) is 0 Å². The first-order valence-corrected chi connectivity index (χ1v) is 7.37. The van der Waals surface area contributed by atoms with Gasteiger partial charge in [0.2, 0.25) is 0 Å². The number of aromatic nitrogens is 1. The summed E-state index contributed by atoms with van der Waals surface area (Å²) < 4.78 is 18.9. The number of ether oxygens (including phenoxy) is 1. The van der Waals surface area contributed by atoms with Crippen LogP contribution in [0.5, 0.6) is 11.5 Å². The third kappa shape index (κ3) is 3.08. The highest BCUT2D eigenvalue weighted by atomic mass is 19.1. The summed E-state index contributed by atoms with van der Waals surface area (Å²) in [6, 6.07) is 14.6. The number of nitrogens with two attached hydrogens (primary N) is 1. The zero-order chi connectivity index (χ0) is 18.0. The van der Waals surface area contributed by atoms with Gasteiger partial charge in [0.1, 0.15) is 23.2 Å². The molecule has 0 aliphatic rings. The van der Waals surface area contributed by atoms with Crippen LogP contribution in [0.15, 0.2) is 48.5 Å². The van der Waals surface area contributed by atoms with E-state index in [-0.39, 0.29) is 22.9 Å². The standard InChI is InChI=1S/C19H14FN3O2/c1-25-18-6-5-12(8-16(18)20)17-9-14(15(10-21)19(22)23-17)11-3-2-4-13(24)7-11/h2-9,24H,1H3,(H2,22,23). The number of aromatic hydroxyl groups is 1. The molecule has 0 radical (unpaired) electrons. The molecule has 3 aromatic rings. The molecule has 0 bridgehead atoms. The van der Waals surface area contributed by atoms with Crippen LogP contribution in [0.25, 0.3) is 22.4 Å². The zero-order valence-electron chi connectivity index (χ0n) is 13.3. The molecule has 0 amide bonds. The Morgan fingerprint density at radius 1 is 1.16 bits per heavy atom. The molecule has 0 atom stereocenters. The minimum absolute atomic E-state index is 0.0366. The van der Waals surface area contributed by atoms with Crippen molar-refractivity contribution in [2.24, 2.45) is 0 Å². The molecule has 124 valence electrons. The van der Waals surface area contributed by atoms with Gasteiger partial charge in [-0.2, -0.15) is 5.26 Å². The number of pyridine rings is 1. The lowest BCUT2D eigenvalue weighted by atomic mass is 9.98. The molecule has 6 heteroatoms. The maximum Gasteiger partial charge on any atom is 0.165 e. The number of methoxy groups -OCH3 is 1.